The number of hydrogen-bond acceptors (Lipinski definition) is 4. The van der Waals surface area contributed by atoms with Crippen molar-refractivity contribution in [3.63, 3.8) is 0 Å². The van der Waals surface area contributed by atoms with Crippen molar-refractivity contribution in [3.05, 3.63) is 47.0 Å². The number of carbonyl (C=O) groups excluding carboxylic acids is 1. The van der Waals surface area contributed by atoms with Crippen LogP contribution in [-0.4, -0.2) is 21.0 Å². The molecule has 1 fully saturated rings. The van der Waals surface area contributed by atoms with E-state index in [2.05, 4.69) is 20.4 Å². The molecule has 1 aliphatic carbocycles. The quantitative estimate of drug-likeness (QED) is 0.745. The van der Waals surface area contributed by atoms with E-state index in [9.17, 15) is 9.18 Å². The number of benzene rings is 1. The van der Waals surface area contributed by atoms with E-state index < -0.39 is 0 Å². The van der Waals surface area contributed by atoms with E-state index in [1.807, 2.05) is 19.9 Å². The molecule has 2 N–H and O–H groups in total. The number of hydrogen-bond donors (Lipinski definition) is 2. The maximum absolute atomic E-state index is 13.9. The third-order valence-electron chi connectivity index (χ3n) is 4.59. The second kappa shape index (κ2) is 5.98. The molecular weight excluding hydrogens is 323 g/mol. The summed E-state index contributed by atoms with van der Waals surface area (Å²) >= 11 is 0. The molecule has 3 aromatic rings. The van der Waals surface area contributed by atoms with E-state index in [1.54, 1.807) is 6.07 Å². The highest BCUT2D eigenvalue weighted by atomic mass is 19.1. The second-order valence-electron chi connectivity index (χ2n) is 6.62. The van der Waals surface area contributed by atoms with Crippen LogP contribution >= 0.6 is 0 Å². The van der Waals surface area contributed by atoms with Crippen molar-refractivity contribution in [1.82, 2.24) is 20.4 Å². The second-order valence-corrected chi connectivity index (χ2v) is 6.62. The van der Waals surface area contributed by atoms with E-state index in [1.165, 1.54) is 6.07 Å². The third kappa shape index (κ3) is 3.01. The summed E-state index contributed by atoms with van der Waals surface area (Å²) in [6.45, 7) is 3.65. The molecule has 0 aliphatic heterocycles. The summed E-state index contributed by atoms with van der Waals surface area (Å²) in [5.41, 5.74) is 2.02. The number of fused-ring (bicyclic) bond motifs is 1. The SMILES string of the molecule is Cc1[nH]c2c(F)cccc2c1CC(=O)NC(C)c1nc(C2CC2)no1. The first-order valence-electron chi connectivity index (χ1n) is 8.41. The Morgan fingerprint density at radius 3 is 3.04 bits per heavy atom. The molecule has 0 radical (unpaired) electrons. The van der Waals surface area contributed by atoms with Gasteiger partial charge in [0.2, 0.25) is 11.8 Å². The van der Waals surface area contributed by atoms with Gasteiger partial charge in [-0.15, -0.1) is 0 Å². The van der Waals surface area contributed by atoms with Gasteiger partial charge in [-0.05, 0) is 38.3 Å². The van der Waals surface area contributed by atoms with Crippen molar-refractivity contribution in [2.45, 2.75) is 45.1 Å². The molecule has 0 spiro atoms. The van der Waals surface area contributed by atoms with E-state index in [-0.39, 0.29) is 24.2 Å². The molecule has 1 saturated carbocycles. The minimum Gasteiger partial charge on any atom is -0.356 e. The summed E-state index contributed by atoms with van der Waals surface area (Å²) in [4.78, 5) is 19.8. The van der Waals surface area contributed by atoms with Crippen LogP contribution < -0.4 is 5.32 Å². The number of halogens is 1. The van der Waals surface area contributed by atoms with Crippen molar-refractivity contribution >= 4 is 16.8 Å². The Balaban J connectivity index is 1.48. The lowest BCUT2D eigenvalue weighted by Crippen LogP contribution is -2.28. The molecule has 1 unspecified atom stereocenters. The lowest BCUT2D eigenvalue weighted by molar-refractivity contribution is -0.121. The summed E-state index contributed by atoms with van der Waals surface area (Å²) in [5.74, 6) is 1.05. The number of H-pyrrole nitrogens is 1. The van der Waals surface area contributed by atoms with Gasteiger partial charge in [-0.3, -0.25) is 4.79 Å². The van der Waals surface area contributed by atoms with Crippen LogP contribution in [-0.2, 0) is 11.2 Å². The molecule has 1 aromatic carbocycles. The van der Waals surface area contributed by atoms with Crippen LogP contribution in [0.5, 0.6) is 0 Å². The molecule has 0 saturated heterocycles. The zero-order chi connectivity index (χ0) is 17.6. The molecule has 6 nitrogen and oxygen atoms in total. The van der Waals surface area contributed by atoms with E-state index in [0.29, 0.717) is 17.3 Å². The van der Waals surface area contributed by atoms with Crippen LogP contribution in [0.3, 0.4) is 0 Å². The van der Waals surface area contributed by atoms with Gasteiger partial charge in [0, 0.05) is 17.0 Å². The average molecular weight is 342 g/mol. The zero-order valence-corrected chi connectivity index (χ0v) is 14.1. The molecule has 0 bridgehead atoms. The summed E-state index contributed by atoms with van der Waals surface area (Å²) in [6.07, 6.45) is 2.34. The number of nitrogens with zero attached hydrogens (tertiary/aromatic N) is 2. The molecule has 1 amide bonds. The van der Waals surface area contributed by atoms with Gasteiger partial charge in [0.25, 0.3) is 0 Å². The summed E-state index contributed by atoms with van der Waals surface area (Å²) < 4.78 is 19.1. The lowest BCUT2D eigenvalue weighted by atomic mass is 10.1. The first-order valence-corrected chi connectivity index (χ1v) is 8.41. The third-order valence-corrected chi connectivity index (χ3v) is 4.59. The van der Waals surface area contributed by atoms with Crippen LogP contribution in [0.4, 0.5) is 4.39 Å². The first kappa shape index (κ1) is 15.8. The number of nitrogens with one attached hydrogen (secondary N) is 2. The van der Waals surface area contributed by atoms with Gasteiger partial charge < -0.3 is 14.8 Å². The van der Waals surface area contributed by atoms with Crippen molar-refractivity contribution < 1.29 is 13.7 Å². The predicted octanol–water partition coefficient (Wildman–Crippen LogP) is 3.30. The smallest absolute Gasteiger partial charge is 0.248 e. The van der Waals surface area contributed by atoms with E-state index in [0.717, 1.165) is 35.3 Å². The van der Waals surface area contributed by atoms with Crippen LogP contribution in [0.25, 0.3) is 10.9 Å². The van der Waals surface area contributed by atoms with Crippen molar-refractivity contribution in [3.8, 4) is 0 Å². The summed E-state index contributed by atoms with van der Waals surface area (Å²) in [7, 11) is 0. The topological polar surface area (TPSA) is 83.8 Å². The Morgan fingerprint density at radius 1 is 1.48 bits per heavy atom. The van der Waals surface area contributed by atoms with Gasteiger partial charge in [-0.2, -0.15) is 4.98 Å². The maximum atomic E-state index is 13.9. The van der Waals surface area contributed by atoms with Gasteiger partial charge in [0.1, 0.15) is 11.9 Å². The maximum Gasteiger partial charge on any atom is 0.248 e. The molecule has 2 heterocycles. The van der Waals surface area contributed by atoms with Gasteiger partial charge in [-0.25, -0.2) is 4.39 Å². The molecule has 2 aromatic heterocycles. The summed E-state index contributed by atoms with van der Waals surface area (Å²) in [5, 5.41) is 7.56. The van der Waals surface area contributed by atoms with Gasteiger partial charge in [-0.1, -0.05) is 17.3 Å². The van der Waals surface area contributed by atoms with Gasteiger partial charge >= 0.3 is 0 Å². The molecule has 7 heteroatoms. The highest BCUT2D eigenvalue weighted by Gasteiger charge is 2.30. The Hall–Kier alpha value is -2.70. The van der Waals surface area contributed by atoms with Crippen LogP contribution in [0.1, 0.15) is 54.7 Å². The number of aromatic amines is 1. The number of aryl methyl sites for hydroxylation is 1. The van der Waals surface area contributed by atoms with Crippen molar-refractivity contribution in [1.29, 1.82) is 0 Å². The van der Waals surface area contributed by atoms with E-state index >= 15 is 0 Å². The monoisotopic (exact) mass is 342 g/mol. The molecule has 1 aliphatic rings. The Labute approximate surface area is 143 Å². The highest BCUT2D eigenvalue weighted by molar-refractivity contribution is 5.90. The molecular formula is C18H19FN4O2. The summed E-state index contributed by atoms with van der Waals surface area (Å²) in [6, 6.07) is 4.49. The minimum absolute atomic E-state index is 0.156. The first-order chi connectivity index (χ1) is 12.0. The van der Waals surface area contributed by atoms with Gasteiger partial charge in [0.15, 0.2) is 5.82 Å². The fourth-order valence-corrected chi connectivity index (χ4v) is 3.04. The lowest BCUT2D eigenvalue weighted by Gasteiger charge is -2.10. The van der Waals surface area contributed by atoms with Crippen LogP contribution in [0, 0.1) is 12.7 Å². The number of para-hydroxylation sites is 1. The molecule has 4 rings (SSSR count). The average Bonchev–Trinajstić information content (AvgIpc) is 3.22. The Kier molecular flexibility index (Phi) is 3.78. The molecule has 25 heavy (non-hydrogen) atoms. The predicted molar refractivity (Wildman–Crippen MR) is 89.5 cm³/mol. The van der Waals surface area contributed by atoms with E-state index in [4.69, 9.17) is 4.52 Å². The number of rotatable bonds is 5. The van der Waals surface area contributed by atoms with Crippen molar-refractivity contribution in [2.75, 3.05) is 0 Å². The number of carbonyl (C=O) groups is 1. The number of aromatic nitrogens is 3. The minimum atomic E-state index is -0.366. The van der Waals surface area contributed by atoms with Crippen LogP contribution in [0.15, 0.2) is 22.7 Å². The Bertz CT molecular complexity index is 942. The molecule has 130 valence electrons. The van der Waals surface area contributed by atoms with Gasteiger partial charge in [0.05, 0.1) is 11.9 Å². The van der Waals surface area contributed by atoms with Crippen LogP contribution in [0.2, 0.25) is 0 Å². The normalized spacial score (nSPS) is 15.5. The fraction of sp³-hybridized carbons (Fsp3) is 0.389. The van der Waals surface area contributed by atoms with Crippen molar-refractivity contribution in [2.24, 2.45) is 0 Å². The standard InChI is InChI=1S/C18H19FN4O2/c1-9-13(12-4-3-5-14(19)16(12)21-9)8-15(24)20-10(2)18-22-17(23-25-18)11-6-7-11/h3-5,10-11,21H,6-8H2,1-2H3,(H,20,24). The Morgan fingerprint density at radius 2 is 2.28 bits per heavy atom. The fourth-order valence-electron chi connectivity index (χ4n) is 3.04. The number of amides is 1. The largest absolute Gasteiger partial charge is 0.356 e. The zero-order valence-electron chi connectivity index (χ0n) is 14.1. The highest BCUT2D eigenvalue weighted by Crippen LogP contribution is 2.38. The molecule has 1 atom stereocenters.